The fraction of sp³-hybridized carbons (Fsp3) is 0. The van der Waals surface area contributed by atoms with E-state index < -0.39 is 0 Å². The highest BCUT2D eigenvalue weighted by molar-refractivity contribution is 6.13. The van der Waals surface area contributed by atoms with Crippen molar-refractivity contribution in [1.29, 1.82) is 10.5 Å². The van der Waals surface area contributed by atoms with E-state index in [1.165, 1.54) is 0 Å². The lowest BCUT2D eigenvalue weighted by atomic mass is 9.98. The molecule has 0 radical (unpaired) electrons. The third-order valence-corrected chi connectivity index (χ3v) is 13.5. The summed E-state index contributed by atoms with van der Waals surface area (Å²) in [6, 6.07) is 80.8. The van der Waals surface area contributed by atoms with Gasteiger partial charge in [0, 0.05) is 50.0 Å². The second kappa shape index (κ2) is 17.4. The molecule has 13 rings (SSSR count). The Morgan fingerprint density at radius 2 is 0.778 bits per heavy atom. The van der Waals surface area contributed by atoms with Gasteiger partial charge in [-0.2, -0.15) is 10.5 Å². The van der Waals surface area contributed by atoms with Gasteiger partial charge in [-0.15, -0.1) is 0 Å². The van der Waals surface area contributed by atoms with Crippen molar-refractivity contribution in [3.63, 3.8) is 0 Å². The van der Waals surface area contributed by atoms with Crippen LogP contribution >= 0.6 is 0 Å². The number of hydrogen-bond donors (Lipinski definition) is 0. The summed E-state index contributed by atoms with van der Waals surface area (Å²) in [6.07, 6.45) is 1.86. The molecular weight excluding hydrogens is 881 g/mol. The van der Waals surface area contributed by atoms with Crippen LogP contribution in [0.1, 0.15) is 11.1 Å². The highest BCUT2D eigenvalue weighted by atomic mass is 15.0. The van der Waals surface area contributed by atoms with Crippen LogP contribution in [0.4, 0.5) is 0 Å². The molecule has 4 heterocycles. The third kappa shape index (κ3) is 7.07. The number of aromatic nitrogens is 6. The summed E-state index contributed by atoms with van der Waals surface area (Å²) < 4.78 is 4.65. The zero-order valence-corrected chi connectivity index (χ0v) is 38.5. The fourth-order valence-corrected chi connectivity index (χ4v) is 10.2. The average Bonchev–Trinajstić information content (AvgIpc) is 3.97. The molecule has 0 fully saturated rings. The van der Waals surface area contributed by atoms with E-state index in [1.54, 1.807) is 0 Å². The molecule has 0 bridgehead atoms. The molecule has 0 amide bonds. The van der Waals surface area contributed by atoms with Gasteiger partial charge in [-0.3, -0.25) is 4.98 Å². The molecule has 8 nitrogen and oxygen atoms in total. The van der Waals surface area contributed by atoms with Crippen LogP contribution in [0.5, 0.6) is 0 Å². The molecule has 0 saturated carbocycles. The maximum Gasteiger partial charge on any atom is 0.164 e. The van der Waals surface area contributed by atoms with E-state index in [0.29, 0.717) is 28.6 Å². The van der Waals surface area contributed by atoms with E-state index >= 15 is 0 Å². The van der Waals surface area contributed by atoms with Gasteiger partial charge >= 0.3 is 0 Å². The lowest BCUT2D eigenvalue weighted by molar-refractivity contribution is 1.07. The second-order valence-electron chi connectivity index (χ2n) is 17.7. The van der Waals surface area contributed by atoms with Gasteiger partial charge in [0.15, 0.2) is 17.5 Å². The molecule has 0 spiro atoms. The number of para-hydroxylation sites is 2. The molecule has 13 aromatic rings. The summed E-state index contributed by atoms with van der Waals surface area (Å²) in [6.45, 7) is 0. The largest absolute Gasteiger partial charge is 0.309 e. The van der Waals surface area contributed by atoms with Gasteiger partial charge in [0.1, 0.15) is 0 Å². The minimum absolute atomic E-state index is 0.503. The van der Waals surface area contributed by atoms with Gasteiger partial charge < -0.3 is 9.13 Å². The molecule has 8 heteroatoms. The first-order chi connectivity index (χ1) is 35.6. The van der Waals surface area contributed by atoms with E-state index in [9.17, 15) is 10.5 Å². The van der Waals surface area contributed by atoms with E-state index in [1.807, 2.05) is 115 Å². The number of pyridine rings is 1. The van der Waals surface area contributed by atoms with Crippen molar-refractivity contribution in [2.45, 2.75) is 0 Å². The van der Waals surface area contributed by atoms with Gasteiger partial charge in [-0.1, -0.05) is 146 Å². The lowest BCUT2D eigenvalue weighted by Crippen LogP contribution is -2.06. The molecule has 0 N–H and O–H groups in total. The van der Waals surface area contributed by atoms with Crippen molar-refractivity contribution in [1.82, 2.24) is 29.1 Å². The molecule has 0 aliphatic heterocycles. The lowest BCUT2D eigenvalue weighted by Gasteiger charge is -2.20. The molecule has 72 heavy (non-hydrogen) atoms. The summed E-state index contributed by atoms with van der Waals surface area (Å²) in [5.74, 6) is 1.61. The topological polar surface area (TPSA) is 109 Å². The fourth-order valence-electron chi connectivity index (χ4n) is 10.2. The normalized spacial score (nSPS) is 11.3. The smallest absolute Gasteiger partial charge is 0.164 e. The third-order valence-electron chi connectivity index (χ3n) is 13.5. The van der Waals surface area contributed by atoms with Crippen molar-refractivity contribution in [2.24, 2.45) is 0 Å². The monoisotopic (exact) mass is 918 g/mol. The number of nitriles is 2. The van der Waals surface area contributed by atoms with Gasteiger partial charge in [-0.05, 0) is 101 Å². The first kappa shape index (κ1) is 41.9. The Bertz CT molecular complexity index is 4310. The molecule has 0 saturated heterocycles. The van der Waals surface area contributed by atoms with Gasteiger partial charge in [0.2, 0.25) is 0 Å². The van der Waals surface area contributed by atoms with E-state index in [2.05, 4.69) is 137 Å². The standard InChI is InChI=1S/C64H38N8/c65-39-41-15-11-21-45(35-41)47-30-32-56-52(37-47)49-23-7-9-26-54(49)71(56)58-28-13-25-51(64-69-62(43-17-3-1-4-18-43)68-63(70-64)44-19-5-2-6-20-44)60(58)61-59(29-14-34-67-61)72-55-27-10-8-24-50(55)53-38-48(31-33-57(53)72)46-22-12-16-42(36-46)40-66/h1-38H. The molecule has 0 atom stereocenters. The molecule has 9 aromatic carbocycles. The van der Waals surface area contributed by atoms with E-state index in [4.69, 9.17) is 19.9 Å². The summed E-state index contributed by atoms with van der Waals surface area (Å²) >= 11 is 0. The van der Waals surface area contributed by atoms with Crippen LogP contribution in [0, 0.1) is 22.7 Å². The van der Waals surface area contributed by atoms with E-state index in [0.717, 1.165) is 105 Å². The molecule has 0 aliphatic carbocycles. The zero-order valence-electron chi connectivity index (χ0n) is 38.5. The van der Waals surface area contributed by atoms with Gasteiger partial charge in [-0.25, -0.2) is 15.0 Å². The quantitative estimate of drug-likeness (QED) is 0.150. The Kier molecular flexibility index (Phi) is 10.1. The average molecular weight is 919 g/mol. The molecule has 0 unspecified atom stereocenters. The number of benzene rings is 9. The van der Waals surface area contributed by atoms with Crippen LogP contribution in [0.2, 0.25) is 0 Å². The highest BCUT2D eigenvalue weighted by Crippen LogP contribution is 2.45. The number of rotatable bonds is 8. The summed E-state index contributed by atoms with van der Waals surface area (Å²) in [5, 5.41) is 23.9. The van der Waals surface area contributed by atoms with Crippen molar-refractivity contribution < 1.29 is 0 Å². The highest BCUT2D eigenvalue weighted by Gasteiger charge is 2.26. The van der Waals surface area contributed by atoms with E-state index in [-0.39, 0.29) is 0 Å². The van der Waals surface area contributed by atoms with Crippen molar-refractivity contribution in [3.05, 3.63) is 242 Å². The van der Waals surface area contributed by atoms with Crippen LogP contribution in [-0.2, 0) is 0 Å². The first-order valence-electron chi connectivity index (χ1n) is 23.7. The number of nitrogens with zero attached hydrogens (tertiary/aromatic N) is 8. The van der Waals surface area contributed by atoms with Crippen LogP contribution in [-0.4, -0.2) is 29.1 Å². The maximum atomic E-state index is 9.80. The van der Waals surface area contributed by atoms with Crippen molar-refractivity contribution in [3.8, 4) is 91.2 Å². The zero-order chi connectivity index (χ0) is 48.1. The van der Waals surface area contributed by atoms with Crippen LogP contribution in [0.3, 0.4) is 0 Å². The molecule has 0 aliphatic rings. The summed E-state index contributed by atoms with van der Waals surface area (Å²) in [7, 11) is 0. The van der Waals surface area contributed by atoms with Crippen LogP contribution in [0.15, 0.2) is 231 Å². The SMILES string of the molecule is N#Cc1cccc(-c2ccc3c(c2)c2ccccc2n3-c2cccnc2-c2c(-c3nc(-c4ccccc4)nc(-c4ccccc4)n3)cccc2-n2c3ccccc3c3cc(-c4cccc(C#N)c4)ccc32)c1. The van der Waals surface area contributed by atoms with Crippen molar-refractivity contribution >= 4 is 43.6 Å². The minimum Gasteiger partial charge on any atom is -0.309 e. The summed E-state index contributed by atoms with van der Waals surface area (Å²) in [4.78, 5) is 21.1. The number of hydrogen-bond acceptors (Lipinski definition) is 6. The Balaban J connectivity index is 1.12. The Labute approximate surface area is 414 Å². The van der Waals surface area contributed by atoms with Crippen molar-refractivity contribution in [2.75, 3.05) is 0 Å². The van der Waals surface area contributed by atoms with Gasteiger partial charge in [0.05, 0.1) is 62.4 Å². The maximum absolute atomic E-state index is 9.80. The van der Waals surface area contributed by atoms with Crippen LogP contribution < -0.4 is 0 Å². The minimum atomic E-state index is 0.503. The Morgan fingerprint density at radius 3 is 1.33 bits per heavy atom. The Morgan fingerprint density at radius 1 is 0.333 bits per heavy atom. The molecule has 334 valence electrons. The van der Waals surface area contributed by atoms with Gasteiger partial charge in [0.25, 0.3) is 0 Å². The molecule has 4 aromatic heterocycles. The predicted molar refractivity (Wildman–Crippen MR) is 288 cm³/mol. The number of fused-ring (bicyclic) bond motifs is 6. The Hall–Kier alpha value is -10.3. The first-order valence-corrected chi connectivity index (χ1v) is 23.7. The predicted octanol–water partition coefficient (Wildman–Crippen LogP) is 15.2. The second-order valence-corrected chi connectivity index (χ2v) is 17.7. The summed E-state index contributed by atoms with van der Waals surface area (Å²) in [5.41, 5.74) is 15.1. The van der Waals surface area contributed by atoms with Crippen LogP contribution in [0.25, 0.3) is 123 Å². The molecular formula is C64H38N8.